The number of carbonyl (C=O) groups is 1. The maximum absolute atomic E-state index is 13.6. The van der Waals surface area contributed by atoms with Gasteiger partial charge < -0.3 is 14.2 Å². The van der Waals surface area contributed by atoms with Crippen LogP contribution in [0.2, 0.25) is 0 Å². The SMILES string of the molecule is CCCC(=O)N1c2ccccc2-c2nnc(SCC(C)C)nc2O[C@H]1c1cc(OC)ccc1OC. The van der Waals surface area contributed by atoms with Gasteiger partial charge in [0.25, 0.3) is 0 Å². The van der Waals surface area contributed by atoms with Gasteiger partial charge in [0.1, 0.15) is 11.5 Å². The van der Waals surface area contributed by atoms with Crippen molar-refractivity contribution in [3.63, 3.8) is 0 Å². The normalized spacial score (nSPS) is 14.6. The molecule has 9 heteroatoms. The molecule has 1 aliphatic rings. The number of thioether (sulfide) groups is 1. The van der Waals surface area contributed by atoms with Crippen LogP contribution in [0.15, 0.2) is 47.6 Å². The molecule has 8 nitrogen and oxygen atoms in total. The molecule has 2 aromatic carbocycles. The highest BCUT2D eigenvalue weighted by molar-refractivity contribution is 7.99. The Kier molecular flexibility index (Phi) is 7.75. The summed E-state index contributed by atoms with van der Waals surface area (Å²) in [5.74, 6) is 2.76. The molecule has 0 saturated heterocycles. The molecule has 1 atom stereocenters. The summed E-state index contributed by atoms with van der Waals surface area (Å²) < 4.78 is 17.7. The molecule has 1 aliphatic heterocycles. The highest BCUT2D eigenvalue weighted by Crippen LogP contribution is 2.45. The molecule has 0 saturated carbocycles. The zero-order valence-corrected chi connectivity index (χ0v) is 21.5. The number of rotatable bonds is 8. The number of hydrogen-bond acceptors (Lipinski definition) is 8. The molecule has 4 rings (SSSR count). The first kappa shape index (κ1) is 24.8. The van der Waals surface area contributed by atoms with Crippen molar-refractivity contribution in [3.8, 4) is 28.6 Å². The van der Waals surface area contributed by atoms with Crippen LogP contribution in [0.5, 0.6) is 17.4 Å². The number of hydrogen-bond donors (Lipinski definition) is 0. The first-order valence-electron chi connectivity index (χ1n) is 11.6. The van der Waals surface area contributed by atoms with Crippen molar-refractivity contribution >= 4 is 23.4 Å². The molecule has 0 fully saturated rings. The summed E-state index contributed by atoms with van der Waals surface area (Å²) in [7, 11) is 3.19. The number of amides is 1. The van der Waals surface area contributed by atoms with E-state index in [2.05, 4.69) is 24.0 Å². The van der Waals surface area contributed by atoms with Crippen LogP contribution in [0.1, 0.15) is 45.4 Å². The highest BCUT2D eigenvalue weighted by atomic mass is 32.2. The number of fused-ring (bicyclic) bond motifs is 3. The van der Waals surface area contributed by atoms with Crippen LogP contribution < -0.4 is 19.1 Å². The first-order chi connectivity index (χ1) is 17.0. The van der Waals surface area contributed by atoms with Crippen molar-refractivity contribution in [1.29, 1.82) is 0 Å². The molecule has 2 heterocycles. The average Bonchev–Trinajstić information content (AvgIpc) is 3.01. The minimum atomic E-state index is -0.846. The predicted molar refractivity (Wildman–Crippen MR) is 136 cm³/mol. The van der Waals surface area contributed by atoms with E-state index in [-0.39, 0.29) is 5.91 Å². The van der Waals surface area contributed by atoms with Gasteiger partial charge in [0.2, 0.25) is 23.2 Å². The van der Waals surface area contributed by atoms with Gasteiger partial charge in [-0.15, -0.1) is 10.2 Å². The van der Waals surface area contributed by atoms with Crippen molar-refractivity contribution < 1.29 is 19.0 Å². The lowest BCUT2D eigenvalue weighted by Crippen LogP contribution is -2.37. The Morgan fingerprint density at radius 1 is 1.14 bits per heavy atom. The van der Waals surface area contributed by atoms with Crippen LogP contribution in [-0.4, -0.2) is 41.1 Å². The average molecular weight is 495 g/mol. The summed E-state index contributed by atoms with van der Waals surface area (Å²) in [5.41, 5.74) is 2.55. The Morgan fingerprint density at radius 2 is 1.94 bits per heavy atom. The fourth-order valence-corrected chi connectivity index (χ4v) is 4.58. The number of nitrogens with zero attached hydrogens (tertiary/aromatic N) is 4. The fourth-order valence-electron chi connectivity index (χ4n) is 3.85. The molecule has 1 aromatic heterocycles. The summed E-state index contributed by atoms with van der Waals surface area (Å²) in [5, 5.41) is 9.36. The number of carbonyl (C=O) groups excluding carboxylic acids is 1. The molecule has 1 amide bonds. The maximum Gasteiger partial charge on any atom is 0.247 e. The monoisotopic (exact) mass is 494 g/mol. The van der Waals surface area contributed by atoms with Crippen molar-refractivity contribution in [2.75, 3.05) is 24.9 Å². The predicted octanol–water partition coefficient (Wildman–Crippen LogP) is 5.53. The van der Waals surface area contributed by atoms with Crippen LogP contribution >= 0.6 is 11.8 Å². The Labute approximate surface area is 210 Å². The number of aromatic nitrogens is 3. The number of methoxy groups -OCH3 is 2. The third-order valence-corrected chi connectivity index (χ3v) is 6.76. The summed E-state index contributed by atoms with van der Waals surface area (Å²) in [6.07, 6.45) is 0.201. The van der Waals surface area contributed by atoms with Gasteiger partial charge in [-0.3, -0.25) is 9.69 Å². The van der Waals surface area contributed by atoms with E-state index in [1.807, 2.05) is 43.3 Å². The number of ether oxygens (including phenoxy) is 3. The van der Waals surface area contributed by atoms with Gasteiger partial charge in [-0.2, -0.15) is 4.98 Å². The summed E-state index contributed by atoms with van der Waals surface area (Å²) in [4.78, 5) is 19.9. The van der Waals surface area contributed by atoms with E-state index in [0.717, 1.165) is 11.3 Å². The van der Waals surface area contributed by atoms with E-state index in [4.69, 9.17) is 19.2 Å². The van der Waals surface area contributed by atoms with E-state index in [1.165, 1.54) is 11.8 Å². The molecule has 0 N–H and O–H groups in total. The van der Waals surface area contributed by atoms with E-state index < -0.39 is 6.23 Å². The molecule has 3 aromatic rings. The molecule has 184 valence electrons. The topological polar surface area (TPSA) is 86.7 Å². The quantitative estimate of drug-likeness (QED) is 0.378. The minimum Gasteiger partial charge on any atom is -0.497 e. The minimum absolute atomic E-state index is 0.0787. The van der Waals surface area contributed by atoms with E-state index in [0.29, 0.717) is 58.2 Å². The molecule has 0 unspecified atom stereocenters. The largest absolute Gasteiger partial charge is 0.497 e. The van der Waals surface area contributed by atoms with E-state index in [9.17, 15) is 4.79 Å². The summed E-state index contributed by atoms with van der Waals surface area (Å²) in [6, 6.07) is 13.0. The highest BCUT2D eigenvalue weighted by Gasteiger charge is 2.37. The summed E-state index contributed by atoms with van der Waals surface area (Å²) >= 11 is 1.53. The second-order valence-corrected chi connectivity index (χ2v) is 9.55. The second-order valence-electron chi connectivity index (χ2n) is 8.56. The lowest BCUT2D eigenvalue weighted by Gasteiger charge is -2.31. The Balaban J connectivity index is 1.93. The third kappa shape index (κ3) is 5.19. The van der Waals surface area contributed by atoms with Crippen LogP contribution in [0, 0.1) is 5.92 Å². The Hall–Kier alpha value is -3.33. The second kappa shape index (κ2) is 10.9. The van der Waals surface area contributed by atoms with Gasteiger partial charge in [-0.1, -0.05) is 50.7 Å². The van der Waals surface area contributed by atoms with Crippen LogP contribution in [-0.2, 0) is 4.79 Å². The van der Waals surface area contributed by atoms with Crippen molar-refractivity contribution in [1.82, 2.24) is 15.2 Å². The summed E-state index contributed by atoms with van der Waals surface area (Å²) in [6.45, 7) is 6.25. The Bertz CT molecular complexity index is 1200. The van der Waals surface area contributed by atoms with Crippen molar-refractivity contribution in [2.24, 2.45) is 5.92 Å². The fraction of sp³-hybridized carbons (Fsp3) is 0.385. The van der Waals surface area contributed by atoms with Gasteiger partial charge in [0.05, 0.1) is 25.5 Å². The lowest BCUT2D eigenvalue weighted by molar-refractivity contribution is -0.120. The maximum atomic E-state index is 13.6. The van der Waals surface area contributed by atoms with Gasteiger partial charge in [-0.25, -0.2) is 0 Å². The molecule has 35 heavy (non-hydrogen) atoms. The molecular formula is C26H30N4O4S. The van der Waals surface area contributed by atoms with Gasteiger partial charge in [0.15, 0.2) is 5.69 Å². The smallest absolute Gasteiger partial charge is 0.247 e. The third-order valence-electron chi connectivity index (χ3n) is 5.49. The zero-order valence-electron chi connectivity index (χ0n) is 20.6. The standard InChI is InChI=1S/C26H30N4O4S/c1-6-9-22(31)30-20-11-8-7-10-18(20)23-24(27-26(29-28-23)35-15-16(2)3)34-25(30)19-14-17(32-4)12-13-21(19)33-5/h7-8,10-14,16,25H,6,9,15H2,1-5H3/t25-/m0/s1. The van der Waals surface area contributed by atoms with Crippen molar-refractivity contribution in [2.45, 2.75) is 45.0 Å². The van der Waals surface area contributed by atoms with Crippen LogP contribution in [0.25, 0.3) is 11.3 Å². The lowest BCUT2D eigenvalue weighted by atomic mass is 10.1. The molecule has 0 spiro atoms. The number of benzene rings is 2. The van der Waals surface area contributed by atoms with Gasteiger partial charge in [-0.05, 0) is 36.6 Å². The van der Waals surface area contributed by atoms with E-state index >= 15 is 0 Å². The molecule has 0 bridgehead atoms. The molecular weight excluding hydrogens is 464 g/mol. The van der Waals surface area contributed by atoms with Crippen molar-refractivity contribution in [3.05, 3.63) is 48.0 Å². The van der Waals surface area contributed by atoms with Gasteiger partial charge in [0, 0.05) is 17.7 Å². The number of anilines is 1. The van der Waals surface area contributed by atoms with E-state index in [1.54, 1.807) is 25.2 Å². The molecule has 0 aliphatic carbocycles. The first-order valence-corrected chi connectivity index (χ1v) is 12.6. The molecule has 0 radical (unpaired) electrons. The Morgan fingerprint density at radius 3 is 2.66 bits per heavy atom. The number of para-hydroxylation sites is 1. The van der Waals surface area contributed by atoms with Crippen LogP contribution in [0.3, 0.4) is 0 Å². The van der Waals surface area contributed by atoms with Gasteiger partial charge >= 0.3 is 0 Å². The van der Waals surface area contributed by atoms with Crippen LogP contribution in [0.4, 0.5) is 5.69 Å². The zero-order chi connectivity index (χ0) is 24.9.